The summed E-state index contributed by atoms with van der Waals surface area (Å²) in [7, 11) is -3.15. The molecule has 1 aliphatic rings. The molecule has 2 nitrogen and oxygen atoms in total. The Bertz CT molecular complexity index is 888. The fraction of sp³-hybridized carbons (Fsp3) is 0.200. The maximum absolute atomic E-state index is 12.0. The maximum Gasteiger partial charge on any atom is 0.175 e. The van der Waals surface area contributed by atoms with Gasteiger partial charge in [0.25, 0.3) is 0 Å². The third-order valence-corrected chi connectivity index (χ3v) is 5.51. The van der Waals surface area contributed by atoms with Crippen molar-refractivity contribution in [2.45, 2.75) is 20.3 Å². The highest BCUT2D eigenvalue weighted by Crippen LogP contribution is 2.30. The van der Waals surface area contributed by atoms with Crippen LogP contribution in [0.4, 0.5) is 0 Å². The summed E-state index contributed by atoms with van der Waals surface area (Å²) in [5.74, 6) is 0.0770. The summed E-state index contributed by atoms with van der Waals surface area (Å²) in [6.07, 6.45) is 2.46. The van der Waals surface area contributed by atoms with E-state index in [0.29, 0.717) is 6.42 Å². The van der Waals surface area contributed by atoms with Crippen LogP contribution in [0, 0.1) is 13.8 Å². The largest absolute Gasteiger partial charge is 0.224 e. The van der Waals surface area contributed by atoms with Crippen LogP contribution >= 0.6 is 0 Å². The van der Waals surface area contributed by atoms with Crippen molar-refractivity contribution in [3.05, 3.63) is 87.8 Å². The van der Waals surface area contributed by atoms with Crippen LogP contribution in [-0.4, -0.2) is 14.2 Å². The summed E-state index contributed by atoms with van der Waals surface area (Å²) in [4.78, 5) is 0. The fourth-order valence-corrected chi connectivity index (χ4v) is 3.99. The van der Waals surface area contributed by atoms with E-state index in [9.17, 15) is 8.42 Å². The van der Waals surface area contributed by atoms with Crippen LogP contribution < -0.4 is 0 Å². The fourth-order valence-electron chi connectivity index (χ4n) is 2.85. The molecule has 0 bridgehead atoms. The molecular weight excluding hydrogens is 304 g/mol. The van der Waals surface area contributed by atoms with E-state index < -0.39 is 9.84 Å². The van der Waals surface area contributed by atoms with Crippen molar-refractivity contribution in [1.29, 1.82) is 0 Å². The SMILES string of the molecule is Cc1ccc(CC2=CS(=O)(=O)CC=C2c2ccccc2)cc1C. The monoisotopic (exact) mass is 324 g/mol. The lowest BCUT2D eigenvalue weighted by Crippen LogP contribution is -2.10. The molecule has 0 saturated carbocycles. The topological polar surface area (TPSA) is 34.1 Å². The predicted molar refractivity (Wildman–Crippen MR) is 95.9 cm³/mol. The maximum atomic E-state index is 12.0. The molecule has 0 radical (unpaired) electrons. The molecule has 0 fully saturated rings. The van der Waals surface area contributed by atoms with Crippen LogP contribution in [0.15, 0.2) is 65.6 Å². The zero-order valence-corrected chi connectivity index (χ0v) is 14.2. The standard InChI is InChI=1S/C20H20O2S/c1-15-8-9-17(12-16(15)2)13-19-14-23(21,22)11-10-20(19)18-6-4-3-5-7-18/h3-10,12,14H,11,13H2,1-2H3. The third kappa shape index (κ3) is 3.62. The Labute approximate surface area is 138 Å². The molecule has 0 aromatic heterocycles. The molecular formula is C20H20O2S. The van der Waals surface area contributed by atoms with Crippen molar-refractivity contribution in [1.82, 2.24) is 0 Å². The molecule has 2 aromatic rings. The average molecular weight is 324 g/mol. The van der Waals surface area contributed by atoms with Crippen LogP contribution in [-0.2, 0) is 16.3 Å². The summed E-state index contributed by atoms with van der Waals surface area (Å²) in [5.41, 5.74) is 6.57. The Morgan fingerprint density at radius 2 is 1.70 bits per heavy atom. The molecule has 2 aromatic carbocycles. The first-order chi connectivity index (χ1) is 10.9. The highest BCUT2D eigenvalue weighted by Gasteiger charge is 2.19. The first kappa shape index (κ1) is 15.8. The van der Waals surface area contributed by atoms with Gasteiger partial charge < -0.3 is 0 Å². The third-order valence-electron chi connectivity index (χ3n) is 4.24. The predicted octanol–water partition coefficient (Wildman–Crippen LogP) is 4.24. The van der Waals surface area contributed by atoms with E-state index in [0.717, 1.165) is 22.3 Å². The number of aryl methyl sites for hydroxylation is 2. The van der Waals surface area contributed by atoms with Crippen molar-refractivity contribution >= 4 is 15.4 Å². The Balaban J connectivity index is 2.00. The number of rotatable bonds is 3. The van der Waals surface area contributed by atoms with Gasteiger partial charge in [-0.15, -0.1) is 0 Å². The number of hydrogen-bond acceptors (Lipinski definition) is 2. The molecule has 118 valence electrons. The van der Waals surface area contributed by atoms with Gasteiger partial charge in [-0.25, -0.2) is 8.42 Å². The number of allylic oxidation sites excluding steroid dienone is 2. The molecule has 23 heavy (non-hydrogen) atoms. The Hall–Kier alpha value is -2.13. The van der Waals surface area contributed by atoms with Gasteiger partial charge in [0.05, 0.1) is 5.75 Å². The van der Waals surface area contributed by atoms with Crippen LogP contribution in [0.5, 0.6) is 0 Å². The molecule has 0 N–H and O–H groups in total. The first-order valence-corrected chi connectivity index (χ1v) is 9.41. The summed E-state index contributed by atoms with van der Waals surface area (Å²) in [6.45, 7) is 4.16. The van der Waals surface area contributed by atoms with E-state index in [1.165, 1.54) is 16.5 Å². The molecule has 0 atom stereocenters. The van der Waals surface area contributed by atoms with Crippen molar-refractivity contribution in [3.63, 3.8) is 0 Å². The highest BCUT2D eigenvalue weighted by atomic mass is 32.2. The Morgan fingerprint density at radius 3 is 2.39 bits per heavy atom. The molecule has 3 heteroatoms. The molecule has 0 aliphatic carbocycles. The van der Waals surface area contributed by atoms with Gasteiger partial charge in [-0.3, -0.25) is 0 Å². The van der Waals surface area contributed by atoms with Gasteiger partial charge in [0.15, 0.2) is 9.84 Å². The molecule has 0 amide bonds. The zero-order chi connectivity index (χ0) is 16.4. The minimum Gasteiger partial charge on any atom is -0.224 e. The smallest absolute Gasteiger partial charge is 0.175 e. The minimum absolute atomic E-state index is 0.0770. The van der Waals surface area contributed by atoms with Crippen molar-refractivity contribution in [2.24, 2.45) is 0 Å². The lowest BCUT2D eigenvalue weighted by Gasteiger charge is -2.17. The van der Waals surface area contributed by atoms with Crippen LogP contribution in [0.25, 0.3) is 5.57 Å². The van der Waals surface area contributed by atoms with Gasteiger partial charge in [0, 0.05) is 5.41 Å². The summed E-state index contributed by atoms with van der Waals surface area (Å²) >= 11 is 0. The van der Waals surface area contributed by atoms with Crippen LogP contribution in [0.2, 0.25) is 0 Å². The van der Waals surface area contributed by atoms with Gasteiger partial charge in [-0.05, 0) is 53.7 Å². The zero-order valence-electron chi connectivity index (χ0n) is 13.4. The van der Waals surface area contributed by atoms with E-state index in [1.807, 2.05) is 36.4 Å². The second kappa shape index (κ2) is 6.17. The van der Waals surface area contributed by atoms with Gasteiger partial charge >= 0.3 is 0 Å². The van der Waals surface area contributed by atoms with Gasteiger partial charge in [-0.1, -0.05) is 54.6 Å². The van der Waals surface area contributed by atoms with Crippen molar-refractivity contribution < 1.29 is 8.42 Å². The lowest BCUT2D eigenvalue weighted by atomic mass is 9.92. The molecule has 1 aliphatic heterocycles. The molecule has 3 rings (SSSR count). The van der Waals surface area contributed by atoms with E-state index in [1.54, 1.807) is 0 Å². The molecule has 1 heterocycles. The quantitative estimate of drug-likeness (QED) is 0.846. The highest BCUT2D eigenvalue weighted by molar-refractivity contribution is 7.94. The summed E-state index contributed by atoms with van der Waals surface area (Å²) in [6, 6.07) is 16.3. The minimum atomic E-state index is -3.15. The van der Waals surface area contributed by atoms with E-state index in [2.05, 4.69) is 32.0 Å². The van der Waals surface area contributed by atoms with Crippen molar-refractivity contribution in [3.8, 4) is 0 Å². The summed E-state index contributed by atoms with van der Waals surface area (Å²) in [5, 5.41) is 1.45. The molecule has 0 saturated heterocycles. The van der Waals surface area contributed by atoms with Crippen molar-refractivity contribution in [2.75, 3.05) is 5.75 Å². The van der Waals surface area contributed by atoms with Gasteiger partial charge in [0.2, 0.25) is 0 Å². The van der Waals surface area contributed by atoms with E-state index >= 15 is 0 Å². The van der Waals surface area contributed by atoms with E-state index in [-0.39, 0.29) is 5.75 Å². The molecule has 0 unspecified atom stereocenters. The number of hydrogen-bond donors (Lipinski definition) is 0. The van der Waals surface area contributed by atoms with Gasteiger partial charge in [-0.2, -0.15) is 0 Å². The Morgan fingerprint density at radius 1 is 0.957 bits per heavy atom. The number of sulfone groups is 1. The second-order valence-electron chi connectivity index (χ2n) is 6.05. The van der Waals surface area contributed by atoms with Gasteiger partial charge in [0.1, 0.15) is 0 Å². The number of benzene rings is 2. The normalized spacial score (nSPS) is 16.6. The lowest BCUT2D eigenvalue weighted by molar-refractivity contribution is 0.607. The first-order valence-electron chi connectivity index (χ1n) is 7.70. The average Bonchev–Trinajstić information content (AvgIpc) is 2.51. The van der Waals surface area contributed by atoms with Crippen LogP contribution in [0.1, 0.15) is 22.3 Å². The second-order valence-corrected chi connectivity index (χ2v) is 7.95. The molecule has 0 spiro atoms. The van der Waals surface area contributed by atoms with Crippen LogP contribution in [0.3, 0.4) is 0 Å². The Kier molecular flexibility index (Phi) is 4.22. The van der Waals surface area contributed by atoms with E-state index in [4.69, 9.17) is 0 Å². The summed E-state index contributed by atoms with van der Waals surface area (Å²) < 4.78 is 24.1.